The van der Waals surface area contributed by atoms with Gasteiger partial charge in [-0.2, -0.15) is 0 Å². The normalized spacial score (nSPS) is 16.5. The van der Waals surface area contributed by atoms with Gasteiger partial charge in [0.1, 0.15) is 5.82 Å². The van der Waals surface area contributed by atoms with E-state index in [1.165, 1.54) is 24.8 Å². The van der Waals surface area contributed by atoms with E-state index in [4.69, 9.17) is 0 Å². The van der Waals surface area contributed by atoms with Gasteiger partial charge in [-0.05, 0) is 37.4 Å². The monoisotopic (exact) mass is 516 g/mol. The van der Waals surface area contributed by atoms with Crippen LogP contribution in [0.25, 0.3) is 0 Å². The van der Waals surface area contributed by atoms with Crippen LogP contribution in [0, 0.1) is 5.92 Å². The van der Waals surface area contributed by atoms with Crippen molar-refractivity contribution in [2.24, 2.45) is 10.9 Å². The molecule has 2 N–H and O–H groups in total. The number of hydrogen-bond acceptors (Lipinski definition) is 4. The largest absolute Gasteiger partial charge is 0.354 e. The molecule has 1 aliphatic heterocycles. The maximum Gasteiger partial charge on any atom is 0.191 e. The van der Waals surface area contributed by atoms with Crippen LogP contribution in [0.2, 0.25) is 0 Å². The SMILES string of the molecule is CCN1CCN(c2ccc(CNC(=NC)NC(C)CCCC(C)C)cn2)CC1.I. The van der Waals surface area contributed by atoms with Crippen molar-refractivity contribution >= 4 is 35.8 Å². The van der Waals surface area contributed by atoms with E-state index in [1.54, 1.807) is 0 Å². The van der Waals surface area contributed by atoms with Crippen molar-refractivity contribution in [2.75, 3.05) is 44.7 Å². The van der Waals surface area contributed by atoms with Crippen LogP contribution in [0.3, 0.4) is 0 Å². The molecule has 0 spiro atoms. The first-order valence-electron chi connectivity index (χ1n) is 10.9. The summed E-state index contributed by atoms with van der Waals surface area (Å²) in [4.78, 5) is 13.9. The summed E-state index contributed by atoms with van der Waals surface area (Å²) in [5.41, 5.74) is 1.17. The van der Waals surface area contributed by atoms with Gasteiger partial charge in [0.15, 0.2) is 5.96 Å². The van der Waals surface area contributed by atoms with E-state index in [9.17, 15) is 0 Å². The molecule has 2 heterocycles. The summed E-state index contributed by atoms with van der Waals surface area (Å²) >= 11 is 0. The van der Waals surface area contributed by atoms with Crippen molar-refractivity contribution in [1.29, 1.82) is 0 Å². The topological polar surface area (TPSA) is 55.8 Å². The third kappa shape index (κ3) is 9.51. The van der Waals surface area contributed by atoms with Gasteiger partial charge < -0.3 is 20.4 Å². The minimum absolute atomic E-state index is 0. The molecule has 1 saturated heterocycles. The van der Waals surface area contributed by atoms with E-state index in [1.807, 2.05) is 13.2 Å². The van der Waals surface area contributed by atoms with Crippen LogP contribution in [-0.4, -0.2) is 61.7 Å². The Kier molecular flexibility index (Phi) is 12.5. The summed E-state index contributed by atoms with van der Waals surface area (Å²) in [6, 6.07) is 4.73. The Labute approximate surface area is 195 Å². The van der Waals surface area contributed by atoms with E-state index in [-0.39, 0.29) is 24.0 Å². The fourth-order valence-corrected chi connectivity index (χ4v) is 3.52. The van der Waals surface area contributed by atoms with Crippen LogP contribution in [0.15, 0.2) is 23.3 Å². The first-order chi connectivity index (χ1) is 13.5. The summed E-state index contributed by atoms with van der Waals surface area (Å²) in [6.45, 7) is 15.2. The van der Waals surface area contributed by atoms with E-state index >= 15 is 0 Å². The zero-order valence-corrected chi connectivity index (χ0v) is 21.3. The number of aromatic nitrogens is 1. The molecule has 0 radical (unpaired) electrons. The van der Waals surface area contributed by atoms with Crippen molar-refractivity contribution in [1.82, 2.24) is 20.5 Å². The first-order valence-corrected chi connectivity index (χ1v) is 10.9. The Hall–Kier alpha value is -1.09. The molecule has 6 nitrogen and oxygen atoms in total. The zero-order chi connectivity index (χ0) is 20.4. The van der Waals surface area contributed by atoms with Crippen LogP contribution in [-0.2, 0) is 6.54 Å². The van der Waals surface area contributed by atoms with Crippen molar-refractivity contribution < 1.29 is 0 Å². The highest BCUT2D eigenvalue weighted by atomic mass is 127. The molecule has 0 saturated carbocycles. The third-order valence-corrected chi connectivity index (χ3v) is 5.44. The molecule has 1 aromatic heterocycles. The number of nitrogens with zero attached hydrogens (tertiary/aromatic N) is 4. The molecule has 1 unspecified atom stereocenters. The Bertz CT molecular complexity index is 581. The van der Waals surface area contributed by atoms with Gasteiger partial charge in [0.25, 0.3) is 0 Å². The summed E-state index contributed by atoms with van der Waals surface area (Å²) in [6.07, 6.45) is 5.68. The van der Waals surface area contributed by atoms with Crippen molar-refractivity contribution in [3.63, 3.8) is 0 Å². The van der Waals surface area contributed by atoms with Gasteiger partial charge in [0.2, 0.25) is 0 Å². The fourth-order valence-electron chi connectivity index (χ4n) is 3.52. The molecule has 1 aromatic rings. The summed E-state index contributed by atoms with van der Waals surface area (Å²) < 4.78 is 0. The molecule has 0 aromatic carbocycles. The van der Waals surface area contributed by atoms with Crippen LogP contribution >= 0.6 is 24.0 Å². The summed E-state index contributed by atoms with van der Waals surface area (Å²) in [7, 11) is 1.83. The van der Waals surface area contributed by atoms with Gasteiger partial charge in [0.05, 0.1) is 0 Å². The van der Waals surface area contributed by atoms with Gasteiger partial charge in [-0.3, -0.25) is 4.99 Å². The van der Waals surface area contributed by atoms with E-state index in [0.717, 1.165) is 57.0 Å². The molecule has 29 heavy (non-hydrogen) atoms. The standard InChI is InChI=1S/C22H40N6.HI/c1-6-27-12-14-28(15-13-27)21-11-10-20(16-24-21)17-25-22(23-5)26-19(4)9-7-8-18(2)3;/h10-11,16,18-19H,6-9,12-15,17H2,1-5H3,(H2,23,25,26);1H. The van der Waals surface area contributed by atoms with Crippen LogP contribution in [0.4, 0.5) is 5.82 Å². The van der Waals surface area contributed by atoms with Gasteiger partial charge in [-0.1, -0.05) is 39.7 Å². The molecular weight excluding hydrogens is 475 g/mol. The highest BCUT2D eigenvalue weighted by molar-refractivity contribution is 14.0. The number of nitrogens with one attached hydrogen (secondary N) is 2. The second-order valence-electron chi connectivity index (χ2n) is 8.24. The van der Waals surface area contributed by atoms with Crippen LogP contribution in [0.5, 0.6) is 0 Å². The highest BCUT2D eigenvalue weighted by Crippen LogP contribution is 2.14. The molecule has 7 heteroatoms. The maximum atomic E-state index is 4.68. The number of likely N-dealkylation sites (N-methyl/N-ethyl adjacent to an activating group) is 1. The molecule has 0 bridgehead atoms. The lowest BCUT2D eigenvalue weighted by molar-refractivity contribution is 0.270. The number of aliphatic imine (C=N–C) groups is 1. The van der Waals surface area contributed by atoms with Crippen molar-refractivity contribution in [3.05, 3.63) is 23.9 Å². The number of piperazine rings is 1. The minimum Gasteiger partial charge on any atom is -0.354 e. The summed E-state index contributed by atoms with van der Waals surface area (Å²) in [5.74, 6) is 2.72. The van der Waals surface area contributed by atoms with Crippen molar-refractivity contribution in [3.8, 4) is 0 Å². The van der Waals surface area contributed by atoms with Crippen LogP contribution in [0.1, 0.15) is 52.5 Å². The lowest BCUT2D eigenvalue weighted by Gasteiger charge is -2.34. The van der Waals surface area contributed by atoms with Crippen molar-refractivity contribution in [2.45, 2.75) is 59.5 Å². The Morgan fingerprint density at radius 2 is 1.86 bits per heavy atom. The van der Waals surface area contributed by atoms with Gasteiger partial charge >= 0.3 is 0 Å². The number of halogens is 1. The van der Waals surface area contributed by atoms with Crippen LogP contribution < -0.4 is 15.5 Å². The van der Waals surface area contributed by atoms with Gasteiger partial charge in [0, 0.05) is 52.0 Å². The highest BCUT2D eigenvalue weighted by Gasteiger charge is 2.16. The average molecular weight is 517 g/mol. The fraction of sp³-hybridized carbons (Fsp3) is 0.727. The molecular formula is C22H41IN6. The van der Waals surface area contributed by atoms with E-state index in [0.29, 0.717) is 6.04 Å². The van der Waals surface area contributed by atoms with E-state index in [2.05, 4.69) is 70.2 Å². The van der Waals surface area contributed by atoms with Gasteiger partial charge in [-0.25, -0.2) is 4.98 Å². The van der Waals surface area contributed by atoms with Gasteiger partial charge in [-0.15, -0.1) is 24.0 Å². The molecule has 1 fully saturated rings. The second-order valence-corrected chi connectivity index (χ2v) is 8.24. The lowest BCUT2D eigenvalue weighted by Crippen LogP contribution is -2.46. The predicted molar refractivity (Wildman–Crippen MR) is 135 cm³/mol. The maximum absolute atomic E-state index is 4.68. The zero-order valence-electron chi connectivity index (χ0n) is 18.9. The predicted octanol–water partition coefficient (Wildman–Crippen LogP) is 3.72. The quantitative estimate of drug-likeness (QED) is 0.298. The Morgan fingerprint density at radius 3 is 2.41 bits per heavy atom. The smallest absolute Gasteiger partial charge is 0.191 e. The number of hydrogen-bond donors (Lipinski definition) is 2. The Balaban J connectivity index is 0.00000420. The molecule has 1 atom stereocenters. The average Bonchev–Trinajstić information content (AvgIpc) is 2.71. The summed E-state index contributed by atoms with van der Waals surface area (Å²) in [5, 5.41) is 6.90. The lowest BCUT2D eigenvalue weighted by atomic mass is 10.0. The molecule has 0 aliphatic carbocycles. The molecule has 0 amide bonds. The van der Waals surface area contributed by atoms with E-state index < -0.39 is 0 Å². The minimum atomic E-state index is 0. The molecule has 166 valence electrons. The Morgan fingerprint density at radius 1 is 1.14 bits per heavy atom. The first kappa shape index (κ1) is 25.9. The molecule has 2 rings (SSSR count). The molecule has 1 aliphatic rings. The third-order valence-electron chi connectivity index (χ3n) is 5.44. The number of guanidine groups is 1. The number of anilines is 1. The number of rotatable bonds is 9. The number of pyridine rings is 1. The second kappa shape index (κ2) is 14.0.